The van der Waals surface area contributed by atoms with Gasteiger partial charge in [-0.3, -0.25) is 4.79 Å². The Morgan fingerprint density at radius 2 is 2.04 bits per heavy atom. The molecule has 0 saturated heterocycles. The van der Waals surface area contributed by atoms with Crippen molar-refractivity contribution in [1.29, 1.82) is 0 Å². The summed E-state index contributed by atoms with van der Waals surface area (Å²) in [5, 5.41) is 2.68. The van der Waals surface area contributed by atoms with Gasteiger partial charge in [-0.2, -0.15) is 0 Å². The molecule has 1 aromatic carbocycles. The number of carbonyl (C=O) groups excluding carboxylic acids is 1. The second kappa shape index (κ2) is 6.52. The Morgan fingerprint density at radius 1 is 1.38 bits per heavy atom. The molecule has 1 aromatic heterocycles. The molecule has 132 valence electrons. The first-order chi connectivity index (χ1) is 11.0. The smallest absolute Gasteiger partial charge is 0.241 e. The standard InChI is InChI=1S/C16H23N3O4S/c1-16(2,3)15-19-12-9-10(5-6-13(12)23-15)18-14(20)11(17)7-8-24(4,21)22/h5-6,9,11H,7-8,17H2,1-4H3,(H,18,20). The fourth-order valence-electron chi connectivity index (χ4n) is 2.03. The lowest BCUT2D eigenvalue weighted by atomic mass is 9.97. The number of benzene rings is 1. The minimum Gasteiger partial charge on any atom is -0.440 e. The Balaban J connectivity index is 2.11. The van der Waals surface area contributed by atoms with Crippen molar-refractivity contribution in [3.8, 4) is 0 Å². The van der Waals surface area contributed by atoms with Crippen LogP contribution in [0.4, 0.5) is 5.69 Å². The van der Waals surface area contributed by atoms with E-state index in [9.17, 15) is 13.2 Å². The van der Waals surface area contributed by atoms with Crippen LogP contribution in [0.3, 0.4) is 0 Å². The zero-order valence-electron chi connectivity index (χ0n) is 14.3. The molecular formula is C16H23N3O4S. The van der Waals surface area contributed by atoms with Gasteiger partial charge >= 0.3 is 0 Å². The average molecular weight is 353 g/mol. The second-order valence-corrected chi connectivity index (χ2v) is 9.23. The second-order valence-electron chi connectivity index (χ2n) is 6.97. The molecule has 1 unspecified atom stereocenters. The molecule has 0 radical (unpaired) electrons. The monoisotopic (exact) mass is 353 g/mol. The van der Waals surface area contributed by atoms with E-state index in [1.54, 1.807) is 18.2 Å². The molecule has 1 amide bonds. The van der Waals surface area contributed by atoms with Crippen LogP contribution in [0, 0.1) is 0 Å². The predicted molar refractivity (Wildman–Crippen MR) is 93.6 cm³/mol. The number of rotatable bonds is 5. The van der Waals surface area contributed by atoms with E-state index in [0.29, 0.717) is 22.7 Å². The molecule has 3 N–H and O–H groups in total. The summed E-state index contributed by atoms with van der Waals surface area (Å²) in [6, 6.07) is 4.24. The molecule has 0 spiro atoms. The molecule has 1 atom stereocenters. The third-order valence-corrected chi connectivity index (χ3v) is 4.41. The number of carbonyl (C=O) groups is 1. The summed E-state index contributed by atoms with van der Waals surface area (Å²) < 4.78 is 28.0. The van der Waals surface area contributed by atoms with Crippen LogP contribution >= 0.6 is 0 Å². The van der Waals surface area contributed by atoms with Gasteiger partial charge in [0.15, 0.2) is 5.58 Å². The lowest BCUT2D eigenvalue weighted by molar-refractivity contribution is -0.117. The minimum atomic E-state index is -3.15. The number of nitrogens with zero attached hydrogens (tertiary/aromatic N) is 1. The maximum atomic E-state index is 12.1. The van der Waals surface area contributed by atoms with Crippen LogP contribution < -0.4 is 11.1 Å². The number of anilines is 1. The van der Waals surface area contributed by atoms with Crippen molar-refractivity contribution in [1.82, 2.24) is 4.98 Å². The van der Waals surface area contributed by atoms with E-state index in [1.165, 1.54) is 0 Å². The van der Waals surface area contributed by atoms with Crippen molar-refractivity contribution in [2.75, 3.05) is 17.3 Å². The number of oxazole rings is 1. The highest BCUT2D eigenvalue weighted by Gasteiger charge is 2.21. The van der Waals surface area contributed by atoms with Crippen molar-refractivity contribution in [2.24, 2.45) is 5.73 Å². The van der Waals surface area contributed by atoms with Crippen LogP contribution in [-0.2, 0) is 20.0 Å². The number of amides is 1. The van der Waals surface area contributed by atoms with Crippen LogP contribution in [0.5, 0.6) is 0 Å². The quantitative estimate of drug-likeness (QED) is 0.847. The number of nitrogens with one attached hydrogen (secondary N) is 1. The molecule has 0 saturated carbocycles. The Morgan fingerprint density at radius 3 is 2.62 bits per heavy atom. The average Bonchev–Trinajstić information content (AvgIpc) is 2.87. The summed E-state index contributed by atoms with van der Waals surface area (Å²) in [5.74, 6) is 0.0575. The molecule has 0 aliphatic carbocycles. The van der Waals surface area contributed by atoms with Gasteiger partial charge in [-0.25, -0.2) is 13.4 Å². The normalized spacial score (nSPS) is 13.9. The van der Waals surface area contributed by atoms with E-state index in [1.807, 2.05) is 20.8 Å². The number of hydrogen-bond acceptors (Lipinski definition) is 6. The summed E-state index contributed by atoms with van der Waals surface area (Å²) in [5.41, 5.74) is 7.34. The summed E-state index contributed by atoms with van der Waals surface area (Å²) >= 11 is 0. The van der Waals surface area contributed by atoms with E-state index < -0.39 is 21.8 Å². The van der Waals surface area contributed by atoms with E-state index in [0.717, 1.165) is 6.26 Å². The zero-order valence-corrected chi connectivity index (χ0v) is 15.1. The lowest BCUT2D eigenvalue weighted by Crippen LogP contribution is -2.37. The van der Waals surface area contributed by atoms with E-state index in [4.69, 9.17) is 10.2 Å². The minimum absolute atomic E-state index is 0.0744. The molecular weight excluding hydrogens is 330 g/mol. The summed E-state index contributed by atoms with van der Waals surface area (Å²) in [7, 11) is -3.15. The maximum Gasteiger partial charge on any atom is 0.241 e. The van der Waals surface area contributed by atoms with Gasteiger partial charge in [-0.05, 0) is 24.6 Å². The third-order valence-electron chi connectivity index (χ3n) is 3.43. The van der Waals surface area contributed by atoms with E-state index >= 15 is 0 Å². The van der Waals surface area contributed by atoms with Crippen molar-refractivity contribution < 1.29 is 17.6 Å². The van der Waals surface area contributed by atoms with Gasteiger partial charge in [0, 0.05) is 17.4 Å². The van der Waals surface area contributed by atoms with Crippen LogP contribution in [0.25, 0.3) is 11.1 Å². The fourth-order valence-corrected chi connectivity index (χ4v) is 2.72. The van der Waals surface area contributed by atoms with Gasteiger partial charge in [-0.1, -0.05) is 20.8 Å². The highest BCUT2D eigenvalue weighted by Crippen LogP contribution is 2.27. The van der Waals surface area contributed by atoms with E-state index in [-0.39, 0.29) is 17.6 Å². The third kappa shape index (κ3) is 4.78. The molecule has 0 aliphatic rings. The summed E-state index contributed by atoms with van der Waals surface area (Å²) in [4.78, 5) is 16.5. The van der Waals surface area contributed by atoms with Gasteiger partial charge in [-0.15, -0.1) is 0 Å². The first kappa shape index (κ1) is 18.4. The van der Waals surface area contributed by atoms with Crippen molar-refractivity contribution in [3.05, 3.63) is 24.1 Å². The largest absolute Gasteiger partial charge is 0.440 e. The topological polar surface area (TPSA) is 115 Å². The molecule has 24 heavy (non-hydrogen) atoms. The molecule has 2 aromatic rings. The zero-order chi connectivity index (χ0) is 18.1. The number of aromatic nitrogens is 1. The van der Waals surface area contributed by atoms with Crippen LogP contribution in [0.15, 0.2) is 22.6 Å². The van der Waals surface area contributed by atoms with Gasteiger partial charge in [0.25, 0.3) is 0 Å². The first-order valence-corrected chi connectivity index (χ1v) is 9.67. The molecule has 1 heterocycles. The number of hydrogen-bond donors (Lipinski definition) is 2. The van der Waals surface area contributed by atoms with Crippen molar-refractivity contribution in [2.45, 2.75) is 38.6 Å². The number of fused-ring (bicyclic) bond motifs is 1. The fraction of sp³-hybridized carbons (Fsp3) is 0.500. The first-order valence-electron chi connectivity index (χ1n) is 7.61. The van der Waals surface area contributed by atoms with Crippen molar-refractivity contribution >= 4 is 32.5 Å². The predicted octanol–water partition coefficient (Wildman–Crippen LogP) is 1.83. The van der Waals surface area contributed by atoms with Gasteiger partial charge in [0.05, 0.1) is 11.8 Å². The Labute approximate surface area is 141 Å². The highest BCUT2D eigenvalue weighted by molar-refractivity contribution is 7.90. The van der Waals surface area contributed by atoms with Gasteiger partial charge in [0.2, 0.25) is 11.8 Å². The Hall–Kier alpha value is -1.93. The van der Waals surface area contributed by atoms with Gasteiger partial charge in [0.1, 0.15) is 15.4 Å². The lowest BCUT2D eigenvalue weighted by Gasteiger charge is -2.11. The number of nitrogens with two attached hydrogens (primary N) is 1. The maximum absolute atomic E-state index is 12.1. The summed E-state index contributed by atoms with van der Waals surface area (Å²) in [6.07, 6.45) is 1.19. The van der Waals surface area contributed by atoms with Crippen molar-refractivity contribution in [3.63, 3.8) is 0 Å². The van der Waals surface area contributed by atoms with E-state index in [2.05, 4.69) is 10.3 Å². The Kier molecular flexibility index (Phi) is 5.00. The summed E-state index contributed by atoms with van der Waals surface area (Å²) in [6.45, 7) is 6.00. The number of sulfone groups is 1. The van der Waals surface area contributed by atoms with Crippen LogP contribution in [0.2, 0.25) is 0 Å². The molecule has 2 rings (SSSR count). The molecule has 8 heteroatoms. The highest BCUT2D eigenvalue weighted by atomic mass is 32.2. The van der Waals surface area contributed by atoms with Crippen LogP contribution in [0.1, 0.15) is 33.1 Å². The molecule has 0 fully saturated rings. The SMILES string of the molecule is CC(C)(C)c1nc2cc(NC(=O)C(N)CCS(C)(=O)=O)ccc2o1. The Bertz CT molecular complexity index is 850. The van der Waals surface area contributed by atoms with Gasteiger partial charge < -0.3 is 15.5 Å². The van der Waals surface area contributed by atoms with Crippen LogP contribution in [-0.4, -0.2) is 37.4 Å². The molecule has 7 nitrogen and oxygen atoms in total. The molecule has 0 aliphatic heterocycles. The molecule has 0 bridgehead atoms.